The van der Waals surface area contributed by atoms with Crippen LogP contribution in [0.25, 0.3) is 0 Å². The highest BCUT2D eigenvalue weighted by Crippen LogP contribution is 2.34. The van der Waals surface area contributed by atoms with Crippen molar-refractivity contribution in [3.8, 4) is 0 Å². The normalized spacial score (nSPS) is 15.2. The zero-order valence-electron chi connectivity index (χ0n) is 18.5. The Hall–Kier alpha value is -3.06. The number of anilines is 1. The molecule has 32 heavy (non-hydrogen) atoms. The molecule has 4 rings (SSSR count). The summed E-state index contributed by atoms with van der Waals surface area (Å²) in [6.45, 7) is 3.97. The summed E-state index contributed by atoms with van der Waals surface area (Å²) in [5.74, 6) is -0.501. The van der Waals surface area contributed by atoms with Crippen molar-refractivity contribution in [2.45, 2.75) is 58.0 Å². The van der Waals surface area contributed by atoms with Gasteiger partial charge in [0.1, 0.15) is 5.69 Å². The van der Waals surface area contributed by atoms with Gasteiger partial charge in [-0.2, -0.15) is 0 Å². The lowest BCUT2D eigenvalue weighted by atomic mass is 9.95. The predicted molar refractivity (Wildman–Crippen MR) is 127 cm³/mol. The SMILES string of the molecule is Cc1ccc(N(C(=O)c2cnccn2)[C@H](C(=O)NC2CCCCC2)c2sccc2C)cc1. The second-order valence-electron chi connectivity index (χ2n) is 8.32. The van der Waals surface area contributed by atoms with Crippen LogP contribution >= 0.6 is 11.3 Å². The largest absolute Gasteiger partial charge is 0.351 e. The van der Waals surface area contributed by atoms with Crippen LogP contribution in [-0.2, 0) is 4.79 Å². The van der Waals surface area contributed by atoms with E-state index in [9.17, 15) is 9.59 Å². The van der Waals surface area contributed by atoms with E-state index >= 15 is 0 Å². The van der Waals surface area contributed by atoms with Crippen molar-refractivity contribution in [2.24, 2.45) is 0 Å². The molecule has 2 heterocycles. The van der Waals surface area contributed by atoms with Crippen LogP contribution in [0.3, 0.4) is 0 Å². The van der Waals surface area contributed by atoms with Crippen LogP contribution in [0.5, 0.6) is 0 Å². The van der Waals surface area contributed by atoms with Crippen LogP contribution in [0, 0.1) is 13.8 Å². The highest BCUT2D eigenvalue weighted by Gasteiger charge is 2.36. The number of benzene rings is 1. The van der Waals surface area contributed by atoms with E-state index in [1.54, 1.807) is 4.90 Å². The van der Waals surface area contributed by atoms with Crippen LogP contribution in [0.4, 0.5) is 5.69 Å². The van der Waals surface area contributed by atoms with Crippen LogP contribution in [-0.4, -0.2) is 27.8 Å². The summed E-state index contributed by atoms with van der Waals surface area (Å²) in [5.41, 5.74) is 2.93. The fourth-order valence-corrected chi connectivity index (χ4v) is 5.18. The van der Waals surface area contributed by atoms with Gasteiger partial charge < -0.3 is 5.32 Å². The van der Waals surface area contributed by atoms with Crippen molar-refractivity contribution < 1.29 is 9.59 Å². The summed E-state index contributed by atoms with van der Waals surface area (Å²) < 4.78 is 0. The molecule has 3 aromatic rings. The maximum Gasteiger partial charge on any atom is 0.279 e. The Morgan fingerprint density at radius 3 is 2.44 bits per heavy atom. The standard InChI is InChI=1S/C25H28N4O2S/c1-17-8-10-20(11-9-17)29(25(31)21-16-26-13-14-27-21)22(23-18(2)12-15-32-23)24(30)28-19-6-4-3-5-7-19/h8-16,19,22H,3-7H2,1-2H3,(H,28,30)/t22-/m0/s1. The number of nitrogens with one attached hydrogen (secondary N) is 1. The van der Waals surface area contributed by atoms with Gasteiger partial charge in [0.05, 0.1) is 6.20 Å². The van der Waals surface area contributed by atoms with Crippen molar-refractivity contribution >= 4 is 28.8 Å². The number of rotatable bonds is 6. The van der Waals surface area contributed by atoms with Crippen LogP contribution in [0.2, 0.25) is 0 Å². The molecule has 1 aromatic carbocycles. The van der Waals surface area contributed by atoms with E-state index < -0.39 is 6.04 Å². The molecule has 1 atom stereocenters. The topological polar surface area (TPSA) is 75.2 Å². The van der Waals surface area contributed by atoms with E-state index in [-0.39, 0.29) is 23.6 Å². The number of aryl methyl sites for hydroxylation is 2. The van der Waals surface area contributed by atoms with Crippen LogP contribution in [0.1, 0.15) is 64.6 Å². The summed E-state index contributed by atoms with van der Waals surface area (Å²) in [4.78, 5) is 38.2. The zero-order chi connectivity index (χ0) is 22.5. The fraction of sp³-hybridized carbons (Fsp3) is 0.360. The molecule has 2 amide bonds. The summed E-state index contributed by atoms with van der Waals surface area (Å²) in [6.07, 6.45) is 9.87. The lowest BCUT2D eigenvalue weighted by Gasteiger charge is -2.33. The lowest BCUT2D eigenvalue weighted by Crippen LogP contribution is -2.47. The first-order valence-corrected chi connectivity index (χ1v) is 11.9. The smallest absolute Gasteiger partial charge is 0.279 e. The molecule has 2 aromatic heterocycles. The van der Waals surface area contributed by atoms with Crippen molar-refractivity contribution in [3.63, 3.8) is 0 Å². The Kier molecular flexibility index (Phi) is 6.95. The van der Waals surface area contributed by atoms with Crippen molar-refractivity contribution in [1.29, 1.82) is 0 Å². The maximum absolute atomic E-state index is 13.7. The van der Waals surface area contributed by atoms with E-state index in [4.69, 9.17) is 0 Å². The summed E-state index contributed by atoms with van der Waals surface area (Å²) >= 11 is 1.50. The molecule has 6 nitrogen and oxygen atoms in total. The number of aromatic nitrogens is 2. The molecule has 1 saturated carbocycles. The van der Waals surface area contributed by atoms with Gasteiger partial charge in [-0.1, -0.05) is 37.0 Å². The van der Waals surface area contributed by atoms with E-state index in [0.717, 1.165) is 41.7 Å². The van der Waals surface area contributed by atoms with Crippen molar-refractivity contribution in [3.05, 3.63) is 76.0 Å². The van der Waals surface area contributed by atoms with Gasteiger partial charge in [0.15, 0.2) is 6.04 Å². The molecule has 1 aliphatic carbocycles. The van der Waals surface area contributed by atoms with Gasteiger partial charge in [0.25, 0.3) is 5.91 Å². The van der Waals surface area contributed by atoms with Gasteiger partial charge in [0, 0.05) is 29.0 Å². The number of carbonyl (C=O) groups excluding carboxylic acids is 2. The third-order valence-electron chi connectivity index (χ3n) is 5.92. The first-order valence-electron chi connectivity index (χ1n) is 11.0. The van der Waals surface area contributed by atoms with E-state index in [0.29, 0.717) is 5.69 Å². The van der Waals surface area contributed by atoms with Gasteiger partial charge in [-0.15, -0.1) is 11.3 Å². The minimum atomic E-state index is -0.783. The molecule has 0 spiro atoms. The van der Waals surface area contributed by atoms with Gasteiger partial charge in [-0.3, -0.25) is 19.5 Å². The molecule has 0 radical (unpaired) electrons. The zero-order valence-corrected chi connectivity index (χ0v) is 19.3. The molecule has 0 unspecified atom stereocenters. The minimum Gasteiger partial charge on any atom is -0.351 e. The van der Waals surface area contributed by atoms with Crippen molar-refractivity contribution in [2.75, 3.05) is 4.90 Å². The fourth-order valence-electron chi connectivity index (χ4n) is 4.17. The molecule has 166 valence electrons. The number of nitrogens with zero attached hydrogens (tertiary/aromatic N) is 3. The molecule has 0 aliphatic heterocycles. The average Bonchev–Trinajstić information content (AvgIpc) is 3.24. The molecular formula is C25H28N4O2S. The summed E-state index contributed by atoms with van der Waals surface area (Å²) in [5, 5.41) is 5.20. The Morgan fingerprint density at radius 2 is 1.81 bits per heavy atom. The molecule has 0 bridgehead atoms. The Bertz CT molecular complexity index is 1060. The highest BCUT2D eigenvalue weighted by atomic mass is 32.1. The third-order valence-corrected chi connectivity index (χ3v) is 6.99. The van der Waals surface area contributed by atoms with Gasteiger partial charge in [0.2, 0.25) is 5.91 Å². The molecule has 1 aliphatic rings. The highest BCUT2D eigenvalue weighted by molar-refractivity contribution is 7.10. The second kappa shape index (κ2) is 10.0. The number of hydrogen-bond acceptors (Lipinski definition) is 5. The van der Waals surface area contributed by atoms with E-state index in [1.165, 1.54) is 36.3 Å². The molecular weight excluding hydrogens is 420 g/mol. The Labute approximate surface area is 192 Å². The Morgan fingerprint density at radius 1 is 1.06 bits per heavy atom. The molecule has 0 saturated heterocycles. The number of amides is 2. The monoisotopic (exact) mass is 448 g/mol. The molecule has 1 N–H and O–H groups in total. The second-order valence-corrected chi connectivity index (χ2v) is 9.26. The summed E-state index contributed by atoms with van der Waals surface area (Å²) in [6, 6.07) is 9.01. The first kappa shape index (κ1) is 22.1. The maximum atomic E-state index is 13.7. The quantitative estimate of drug-likeness (QED) is 0.576. The van der Waals surface area contributed by atoms with Crippen molar-refractivity contribution in [1.82, 2.24) is 15.3 Å². The average molecular weight is 449 g/mol. The van der Waals surface area contributed by atoms with Gasteiger partial charge in [-0.05, 0) is 55.8 Å². The molecule has 1 fully saturated rings. The van der Waals surface area contributed by atoms with E-state index in [1.807, 2.05) is 49.6 Å². The van der Waals surface area contributed by atoms with Crippen LogP contribution < -0.4 is 10.2 Å². The number of hydrogen-bond donors (Lipinski definition) is 1. The predicted octanol–water partition coefficient (Wildman–Crippen LogP) is 4.99. The van der Waals surface area contributed by atoms with Crippen LogP contribution in [0.15, 0.2) is 54.3 Å². The minimum absolute atomic E-state index is 0.144. The number of carbonyl (C=O) groups is 2. The Balaban J connectivity index is 1.78. The summed E-state index contributed by atoms with van der Waals surface area (Å²) in [7, 11) is 0. The number of thiophene rings is 1. The van der Waals surface area contributed by atoms with E-state index in [2.05, 4.69) is 15.3 Å². The third kappa shape index (κ3) is 4.88. The van der Waals surface area contributed by atoms with Gasteiger partial charge >= 0.3 is 0 Å². The lowest BCUT2D eigenvalue weighted by molar-refractivity contribution is -0.123. The van der Waals surface area contributed by atoms with Gasteiger partial charge in [-0.25, -0.2) is 4.98 Å². The molecule has 7 heteroatoms. The first-order chi connectivity index (χ1) is 15.5.